The van der Waals surface area contributed by atoms with Gasteiger partial charge in [0.2, 0.25) is 0 Å². The third-order valence-corrected chi connectivity index (χ3v) is 1.76. The molecule has 1 aliphatic heterocycles. The highest BCUT2D eigenvalue weighted by atomic mass is 15.5. The smallest absolute Gasteiger partial charge is 0.0488 e. The Labute approximate surface area is 62.3 Å². The number of nitrogens with zero attached hydrogens (tertiary/aromatic N) is 3. The number of hydrogen-bond donors (Lipinski definition) is 0. The van der Waals surface area contributed by atoms with Gasteiger partial charge in [0.1, 0.15) is 0 Å². The summed E-state index contributed by atoms with van der Waals surface area (Å²) in [6, 6.07) is 0. The highest BCUT2D eigenvalue weighted by molar-refractivity contribution is 5.52. The van der Waals surface area contributed by atoms with Crippen molar-refractivity contribution in [1.82, 2.24) is 9.91 Å². The van der Waals surface area contributed by atoms with E-state index in [0.29, 0.717) is 0 Å². The van der Waals surface area contributed by atoms with E-state index in [1.165, 1.54) is 0 Å². The summed E-state index contributed by atoms with van der Waals surface area (Å²) >= 11 is 0. The van der Waals surface area contributed by atoms with Crippen molar-refractivity contribution in [2.75, 3.05) is 33.2 Å². The molecule has 3 nitrogen and oxygen atoms in total. The molecule has 0 radical (unpaired) electrons. The van der Waals surface area contributed by atoms with Gasteiger partial charge in [0.15, 0.2) is 0 Å². The molecule has 0 bridgehead atoms. The van der Waals surface area contributed by atoms with Crippen molar-refractivity contribution in [2.45, 2.75) is 6.92 Å². The Kier molecular flexibility index (Phi) is 2.68. The van der Waals surface area contributed by atoms with Crippen LogP contribution in [0.2, 0.25) is 0 Å². The molecule has 0 aromatic carbocycles. The zero-order valence-corrected chi connectivity index (χ0v) is 6.75. The van der Waals surface area contributed by atoms with E-state index in [1.807, 2.05) is 13.1 Å². The van der Waals surface area contributed by atoms with Gasteiger partial charge in [-0.15, -0.1) is 0 Å². The van der Waals surface area contributed by atoms with E-state index in [9.17, 15) is 0 Å². The van der Waals surface area contributed by atoms with Gasteiger partial charge >= 0.3 is 0 Å². The van der Waals surface area contributed by atoms with Crippen molar-refractivity contribution in [3.8, 4) is 0 Å². The van der Waals surface area contributed by atoms with Crippen molar-refractivity contribution in [3.05, 3.63) is 0 Å². The summed E-state index contributed by atoms with van der Waals surface area (Å²) in [6.45, 7) is 6.37. The lowest BCUT2D eigenvalue weighted by atomic mass is 10.4. The van der Waals surface area contributed by atoms with E-state index < -0.39 is 0 Å². The number of hydrazone groups is 1. The minimum absolute atomic E-state index is 1.07. The van der Waals surface area contributed by atoms with Crippen molar-refractivity contribution in [2.24, 2.45) is 5.10 Å². The molecule has 0 aromatic heterocycles. The summed E-state index contributed by atoms with van der Waals surface area (Å²) in [5, 5.41) is 6.31. The van der Waals surface area contributed by atoms with E-state index in [0.717, 1.165) is 26.2 Å². The van der Waals surface area contributed by atoms with Crippen LogP contribution in [0, 0.1) is 0 Å². The standard InChI is InChI=1S/C7H15N3/c1-3-8-10-6-4-9(2)5-7-10/h3H,4-7H2,1-2H3. The average Bonchev–Trinajstić information content (AvgIpc) is 1.95. The van der Waals surface area contributed by atoms with Crippen molar-refractivity contribution >= 4 is 6.21 Å². The molecule has 0 spiro atoms. The first-order valence-corrected chi connectivity index (χ1v) is 3.75. The van der Waals surface area contributed by atoms with Crippen LogP contribution in [0.1, 0.15) is 6.92 Å². The molecule has 1 heterocycles. The van der Waals surface area contributed by atoms with Gasteiger partial charge in [-0.2, -0.15) is 5.10 Å². The molecule has 1 fully saturated rings. The summed E-state index contributed by atoms with van der Waals surface area (Å²) in [5.41, 5.74) is 0. The van der Waals surface area contributed by atoms with Gasteiger partial charge in [-0.05, 0) is 14.0 Å². The normalized spacial score (nSPS) is 22.4. The van der Waals surface area contributed by atoms with Gasteiger partial charge in [0.25, 0.3) is 0 Å². The van der Waals surface area contributed by atoms with E-state index in [4.69, 9.17) is 0 Å². The van der Waals surface area contributed by atoms with Crippen molar-refractivity contribution < 1.29 is 0 Å². The van der Waals surface area contributed by atoms with Gasteiger partial charge in [-0.3, -0.25) is 5.01 Å². The first-order valence-electron chi connectivity index (χ1n) is 3.75. The molecule has 1 saturated heterocycles. The molecule has 0 aliphatic carbocycles. The first kappa shape index (κ1) is 7.54. The predicted octanol–water partition coefficient (Wildman–Crippen LogP) is 0.240. The topological polar surface area (TPSA) is 18.8 Å². The summed E-state index contributed by atoms with van der Waals surface area (Å²) in [6.07, 6.45) is 1.85. The molecule has 1 aliphatic rings. The van der Waals surface area contributed by atoms with E-state index in [2.05, 4.69) is 22.1 Å². The van der Waals surface area contributed by atoms with Gasteiger partial charge in [0.05, 0.1) is 0 Å². The fourth-order valence-electron chi connectivity index (χ4n) is 1.07. The van der Waals surface area contributed by atoms with Gasteiger partial charge in [0, 0.05) is 32.4 Å². The van der Waals surface area contributed by atoms with Crippen molar-refractivity contribution in [1.29, 1.82) is 0 Å². The van der Waals surface area contributed by atoms with E-state index in [-0.39, 0.29) is 0 Å². The Morgan fingerprint density at radius 2 is 1.80 bits per heavy atom. The van der Waals surface area contributed by atoms with Crippen LogP contribution in [0.15, 0.2) is 5.10 Å². The lowest BCUT2D eigenvalue weighted by molar-refractivity contribution is 0.159. The summed E-state index contributed by atoms with van der Waals surface area (Å²) in [4.78, 5) is 2.32. The molecule has 58 valence electrons. The molecular formula is C7H15N3. The Bertz CT molecular complexity index is 114. The maximum atomic E-state index is 4.20. The van der Waals surface area contributed by atoms with Crippen LogP contribution in [0.5, 0.6) is 0 Å². The third kappa shape index (κ3) is 1.99. The zero-order chi connectivity index (χ0) is 7.40. The lowest BCUT2D eigenvalue weighted by Crippen LogP contribution is -2.41. The van der Waals surface area contributed by atoms with Crippen LogP contribution < -0.4 is 0 Å². The van der Waals surface area contributed by atoms with Crippen LogP contribution in [-0.4, -0.2) is 49.4 Å². The van der Waals surface area contributed by atoms with E-state index >= 15 is 0 Å². The van der Waals surface area contributed by atoms with Gasteiger partial charge < -0.3 is 4.90 Å². The molecule has 0 unspecified atom stereocenters. The van der Waals surface area contributed by atoms with Crippen LogP contribution in [0.3, 0.4) is 0 Å². The molecule has 1 rings (SSSR count). The fraction of sp³-hybridized carbons (Fsp3) is 0.857. The van der Waals surface area contributed by atoms with Crippen LogP contribution >= 0.6 is 0 Å². The molecule has 0 saturated carbocycles. The Balaban J connectivity index is 2.26. The van der Waals surface area contributed by atoms with Crippen molar-refractivity contribution in [3.63, 3.8) is 0 Å². The molecule has 0 aromatic rings. The SMILES string of the molecule is CC=NN1CCN(C)CC1. The Morgan fingerprint density at radius 3 is 2.30 bits per heavy atom. The molecular weight excluding hydrogens is 126 g/mol. The summed E-state index contributed by atoms with van der Waals surface area (Å²) in [5.74, 6) is 0. The zero-order valence-electron chi connectivity index (χ0n) is 6.75. The average molecular weight is 141 g/mol. The summed E-state index contributed by atoms with van der Waals surface area (Å²) in [7, 11) is 2.15. The van der Waals surface area contributed by atoms with Crippen LogP contribution in [0.25, 0.3) is 0 Å². The lowest BCUT2D eigenvalue weighted by Gasteiger charge is -2.30. The molecule has 0 amide bonds. The number of hydrogen-bond acceptors (Lipinski definition) is 3. The second kappa shape index (κ2) is 3.56. The molecule has 0 N–H and O–H groups in total. The Hall–Kier alpha value is -0.570. The predicted molar refractivity (Wildman–Crippen MR) is 43.2 cm³/mol. The van der Waals surface area contributed by atoms with Crippen LogP contribution in [0.4, 0.5) is 0 Å². The monoisotopic (exact) mass is 141 g/mol. The second-order valence-corrected chi connectivity index (χ2v) is 2.63. The molecule has 10 heavy (non-hydrogen) atoms. The van der Waals surface area contributed by atoms with Gasteiger partial charge in [-0.1, -0.05) is 0 Å². The maximum Gasteiger partial charge on any atom is 0.0488 e. The van der Waals surface area contributed by atoms with Gasteiger partial charge in [-0.25, -0.2) is 0 Å². The number of likely N-dealkylation sites (N-methyl/N-ethyl adjacent to an activating group) is 1. The Morgan fingerprint density at radius 1 is 1.20 bits per heavy atom. The van der Waals surface area contributed by atoms with Crippen LogP contribution in [-0.2, 0) is 0 Å². The quantitative estimate of drug-likeness (QED) is 0.487. The minimum atomic E-state index is 1.07. The summed E-state index contributed by atoms with van der Waals surface area (Å²) < 4.78 is 0. The largest absolute Gasteiger partial charge is 0.303 e. The van der Waals surface area contributed by atoms with E-state index in [1.54, 1.807) is 0 Å². The minimum Gasteiger partial charge on any atom is -0.303 e. The second-order valence-electron chi connectivity index (χ2n) is 2.63. The highest BCUT2D eigenvalue weighted by Gasteiger charge is 2.09. The number of rotatable bonds is 1. The maximum absolute atomic E-state index is 4.20. The highest BCUT2D eigenvalue weighted by Crippen LogP contribution is 1.97. The molecule has 0 atom stereocenters. The number of piperazine rings is 1. The third-order valence-electron chi connectivity index (χ3n) is 1.76. The first-order chi connectivity index (χ1) is 4.83. The fourth-order valence-corrected chi connectivity index (χ4v) is 1.07. The molecule has 3 heteroatoms.